The van der Waals surface area contributed by atoms with E-state index in [1.54, 1.807) is 0 Å². The normalized spacial score (nSPS) is 13.6. The van der Waals surface area contributed by atoms with Gasteiger partial charge in [-0.2, -0.15) is 0 Å². The molecule has 11 heavy (non-hydrogen) atoms. The molecule has 0 saturated carbocycles. The van der Waals surface area contributed by atoms with E-state index < -0.39 is 13.3 Å². The number of aliphatic hydroxyl groups is 1. The summed E-state index contributed by atoms with van der Waals surface area (Å²) in [6, 6.07) is 1.24. The van der Waals surface area contributed by atoms with Gasteiger partial charge in [-0.25, -0.2) is 0 Å². The van der Waals surface area contributed by atoms with Crippen LogP contribution in [0.5, 0.6) is 0 Å². The van der Waals surface area contributed by atoms with Crippen LogP contribution < -0.4 is 0 Å². The Morgan fingerprint density at radius 3 is 2.00 bits per heavy atom. The predicted molar refractivity (Wildman–Crippen MR) is 53.5 cm³/mol. The molecule has 0 saturated heterocycles. The van der Waals surface area contributed by atoms with E-state index in [1.807, 2.05) is 13.8 Å². The average Bonchev–Trinajstić information content (AvgIpc) is 1.81. The second-order valence-corrected chi connectivity index (χ2v) is 10.0. The highest BCUT2D eigenvalue weighted by Gasteiger charge is 2.36. The molecule has 68 valence electrons. The average molecular weight is 174 g/mol. The molecule has 0 radical (unpaired) electrons. The standard InChI is InChI=1S/C9H22OSi/c1-6-7-8-11(4,5)9(2,3)10/h10H,6-8H2,1-5H3. The van der Waals surface area contributed by atoms with Crippen LogP contribution in [0.2, 0.25) is 19.1 Å². The zero-order valence-corrected chi connectivity index (χ0v) is 9.57. The molecule has 0 spiro atoms. The molecule has 0 aliphatic heterocycles. The molecule has 0 rings (SSSR count). The Morgan fingerprint density at radius 2 is 1.73 bits per heavy atom. The van der Waals surface area contributed by atoms with Gasteiger partial charge >= 0.3 is 0 Å². The fraction of sp³-hybridized carbons (Fsp3) is 1.00. The second kappa shape index (κ2) is 3.72. The Bertz CT molecular complexity index is 113. The van der Waals surface area contributed by atoms with E-state index in [2.05, 4.69) is 20.0 Å². The maximum Gasteiger partial charge on any atom is 0.0843 e. The van der Waals surface area contributed by atoms with Crippen LogP contribution in [-0.4, -0.2) is 18.4 Å². The number of rotatable bonds is 4. The molecule has 1 N–H and O–H groups in total. The Labute approximate surface area is 71.8 Å². The van der Waals surface area contributed by atoms with E-state index in [-0.39, 0.29) is 0 Å². The summed E-state index contributed by atoms with van der Waals surface area (Å²) in [6.45, 7) is 10.6. The summed E-state index contributed by atoms with van der Waals surface area (Å²) >= 11 is 0. The number of unbranched alkanes of at least 4 members (excludes halogenated alkanes) is 1. The maximum atomic E-state index is 9.83. The van der Waals surface area contributed by atoms with Crippen LogP contribution in [0.25, 0.3) is 0 Å². The summed E-state index contributed by atoms with van der Waals surface area (Å²) in [5, 5.41) is 9.42. The van der Waals surface area contributed by atoms with Crippen LogP contribution >= 0.6 is 0 Å². The number of hydrogen-bond donors (Lipinski definition) is 1. The van der Waals surface area contributed by atoms with Crippen molar-refractivity contribution >= 4 is 8.07 Å². The van der Waals surface area contributed by atoms with Gasteiger partial charge in [0.1, 0.15) is 0 Å². The largest absolute Gasteiger partial charge is 0.394 e. The quantitative estimate of drug-likeness (QED) is 0.650. The Balaban J connectivity index is 4.00. The van der Waals surface area contributed by atoms with Gasteiger partial charge in [0, 0.05) is 5.22 Å². The van der Waals surface area contributed by atoms with E-state index >= 15 is 0 Å². The molecular formula is C9H22OSi. The van der Waals surface area contributed by atoms with Crippen LogP contribution in [0, 0.1) is 0 Å². The molecule has 0 fully saturated rings. The molecule has 0 aromatic rings. The van der Waals surface area contributed by atoms with Crippen LogP contribution in [-0.2, 0) is 0 Å². The van der Waals surface area contributed by atoms with Gasteiger partial charge in [-0.15, -0.1) is 0 Å². The molecule has 0 heterocycles. The van der Waals surface area contributed by atoms with Crippen molar-refractivity contribution in [2.75, 3.05) is 0 Å². The Morgan fingerprint density at radius 1 is 1.27 bits per heavy atom. The lowest BCUT2D eigenvalue weighted by molar-refractivity contribution is 0.155. The van der Waals surface area contributed by atoms with Crippen molar-refractivity contribution in [3.63, 3.8) is 0 Å². The monoisotopic (exact) mass is 174 g/mol. The molecule has 0 unspecified atom stereocenters. The second-order valence-electron chi connectivity index (χ2n) is 4.55. The van der Waals surface area contributed by atoms with Crippen molar-refractivity contribution in [2.24, 2.45) is 0 Å². The van der Waals surface area contributed by atoms with E-state index in [0.29, 0.717) is 0 Å². The minimum Gasteiger partial charge on any atom is -0.394 e. The third kappa shape index (κ3) is 3.39. The molecule has 0 aromatic heterocycles. The summed E-state index contributed by atoms with van der Waals surface area (Å²) in [6.07, 6.45) is 2.51. The number of hydrogen-bond acceptors (Lipinski definition) is 1. The van der Waals surface area contributed by atoms with Crippen molar-refractivity contribution in [3.8, 4) is 0 Å². The van der Waals surface area contributed by atoms with Crippen LogP contribution in [0.3, 0.4) is 0 Å². The molecule has 0 atom stereocenters. The molecular weight excluding hydrogens is 152 g/mol. The first kappa shape index (κ1) is 11.2. The van der Waals surface area contributed by atoms with Gasteiger partial charge in [0.25, 0.3) is 0 Å². The first-order chi connectivity index (χ1) is 4.81. The Kier molecular flexibility index (Phi) is 3.78. The van der Waals surface area contributed by atoms with Crippen molar-refractivity contribution in [1.82, 2.24) is 0 Å². The first-order valence-corrected chi connectivity index (χ1v) is 7.74. The Hall–Kier alpha value is 0.177. The lowest BCUT2D eigenvalue weighted by Crippen LogP contribution is -2.49. The van der Waals surface area contributed by atoms with Gasteiger partial charge < -0.3 is 5.11 Å². The maximum absolute atomic E-state index is 9.83. The minimum absolute atomic E-state index is 0.415. The van der Waals surface area contributed by atoms with Crippen molar-refractivity contribution in [2.45, 2.75) is 58.0 Å². The van der Waals surface area contributed by atoms with E-state index in [9.17, 15) is 5.11 Å². The molecule has 0 aliphatic carbocycles. The smallest absolute Gasteiger partial charge is 0.0843 e. The summed E-state index contributed by atoms with van der Waals surface area (Å²) < 4.78 is 0. The predicted octanol–water partition coefficient (Wildman–Crippen LogP) is 2.81. The van der Waals surface area contributed by atoms with Crippen LogP contribution in [0.1, 0.15) is 33.6 Å². The highest BCUT2D eigenvalue weighted by Crippen LogP contribution is 2.25. The molecule has 2 heteroatoms. The van der Waals surface area contributed by atoms with Crippen molar-refractivity contribution in [1.29, 1.82) is 0 Å². The van der Waals surface area contributed by atoms with E-state index in [4.69, 9.17) is 0 Å². The minimum atomic E-state index is -1.37. The third-order valence-corrected chi connectivity index (χ3v) is 7.73. The van der Waals surface area contributed by atoms with E-state index in [1.165, 1.54) is 18.9 Å². The summed E-state index contributed by atoms with van der Waals surface area (Å²) in [5.41, 5.74) is 0. The zero-order chi connectivity index (χ0) is 9.12. The summed E-state index contributed by atoms with van der Waals surface area (Å²) in [5.74, 6) is 0. The molecule has 0 bridgehead atoms. The fourth-order valence-electron chi connectivity index (χ4n) is 0.925. The highest BCUT2D eigenvalue weighted by molar-refractivity contribution is 6.79. The fourth-order valence-corrected chi connectivity index (χ4v) is 2.77. The van der Waals surface area contributed by atoms with Gasteiger partial charge in [0.2, 0.25) is 0 Å². The molecule has 0 aliphatic rings. The van der Waals surface area contributed by atoms with Crippen molar-refractivity contribution in [3.05, 3.63) is 0 Å². The van der Waals surface area contributed by atoms with Gasteiger partial charge in [0.15, 0.2) is 0 Å². The highest BCUT2D eigenvalue weighted by atomic mass is 28.3. The zero-order valence-electron chi connectivity index (χ0n) is 8.57. The van der Waals surface area contributed by atoms with Gasteiger partial charge in [-0.1, -0.05) is 38.9 Å². The van der Waals surface area contributed by atoms with Crippen molar-refractivity contribution < 1.29 is 5.11 Å². The third-order valence-electron chi connectivity index (χ3n) is 2.81. The topological polar surface area (TPSA) is 20.2 Å². The van der Waals surface area contributed by atoms with E-state index in [0.717, 1.165) is 0 Å². The lowest BCUT2D eigenvalue weighted by atomic mass is 10.4. The molecule has 0 amide bonds. The molecule has 0 aromatic carbocycles. The van der Waals surface area contributed by atoms with Gasteiger partial charge in [0.05, 0.1) is 8.07 Å². The first-order valence-electron chi connectivity index (χ1n) is 4.53. The van der Waals surface area contributed by atoms with Gasteiger partial charge in [-0.05, 0) is 13.8 Å². The summed E-state index contributed by atoms with van der Waals surface area (Å²) in [4.78, 5) is 0. The van der Waals surface area contributed by atoms with Crippen LogP contribution in [0.15, 0.2) is 0 Å². The SMILES string of the molecule is CCCC[Si](C)(C)C(C)(C)O. The van der Waals surface area contributed by atoms with Crippen LogP contribution in [0.4, 0.5) is 0 Å². The summed E-state index contributed by atoms with van der Waals surface area (Å²) in [7, 11) is -1.37. The van der Waals surface area contributed by atoms with Gasteiger partial charge in [-0.3, -0.25) is 0 Å². The lowest BCUT2D eigenvalue weighted by Gasteiger charge is -2.35. The molecule has 1 nitrogen and oxygen atoms in total.